The van der Waals surface area contributed by atoms with Crippen LogP contribution in [0.1, 0.15) is 10.4 Å². The van der Waals surface area contributed by atoms with Gasteiger partial charge in [0.15, 0.2) is 0 Å². The number of nitrogens with zero attached hydrogens (tertiary/aromatic N) is 2. The lowest BCUT2D eigenvalue weighted by Crippen LogP contribution is -2.48. The molecule has 1 aliphatic rings. The van der Waals surface area contributed by atoms with Crippen molar-refractivity contribution >= 4 is 17.7 Å². The number of methoxy groups -OCH3 is 2. The summed E-state index contributed by atoms with van der Waals surface area (Å²) in [6.07, 6.45) is -0.317. The summed E-state index contributed by atoms with van der Waals surface area (Å²) in [4.78, 5) is 26.6. The van der Waals surface area contributed by atoms with Gasteiger partial charge in [-0.25, -0.2) is 4.79 Å². The Morgan fingerprint density at radius 3 is 2.33 bits per heavy atom. The van der Waals surface area contributed by atoms with Crippen LogP contribution in [-0.2, 0) is 4.74 Å². The molecule has 1 aromatic rings. The molecule has 1 aromatic carbocycles. The maximum Gasteiger partial charge on any atom is 0.409 e. The van der Waals surface area contributed by atoms with E-state index >= 15 is 0 Å². The van der Waals surface area contributed by atoms with Crippen LogP contribution in [-0.4, -0.2) is 57.3 Å². The number of anilines is 1. The van der Waals surface area contributed by atoms with Gasteiger partial charge in [-0.1, -0.05) is 0 Å². The Morgan fingerprint density at radius 1 is 1.14 bits per heavy atom. The third kappa shape index (κ3) is 3.18. The first-order valence-electron chi connectivity index (χ1n) is 6.62. The van der Waals surface area contributed by atoms with Crippen molar-refractivity contribution in [3.05, 3.63) is 23.8 Å². The van der Waals surface area contributed by atoms with Gasteiger partial charge in [0, 0.05) is 31.9 Å². The average Bonchev–Trinajstić information content (AvgIpc) is 2.53. The van der Waals surface area contributed by atoms with Gasteiger partial charge in [-0.05, 0) is 18.2 Å². The van der Waals surface area contributed by atoms with Crippen LogP contribution in [0, 0.1) is 0 Å². The molecular formula is C14H19N3O4. The minimum absolute atomic E-state index is 0.317. The zero-order valence-corrected chi connectivity index (χ0v) is 12.2. The van der Waals surface area contributed by atoms with Crippen molar-refractivity contribution in [1.29, 1.82) is 0 Å². The van der Waals surface area contributed by atoms with E-state index in [2.05, 4.69) is 4.90 Å². The van der Waals surface area contributed by atoms with Gasteiger partial charge in [0.1, 0.15) is 5.75 Å². The predicted molar refractivity (Wildman–Crippen MR) is 77.7 cm³/mol. The van der Waals surface area contributed by atoms with Crippen molar-refractivity contribution in [3.8, 4) is 5.75 Å². The van der Waals surface area contributed by atoms with Gasteiger partial charge in [-0.3, -0.25) is 4.79 Å². The first kappa shape index (κ1) is 15.0. The second kappa shape index (κ2) is 6.34. The quantitative estimate of drug-likeness (QED) is 0.886. The Bertz CT molecular complexity index is 539. The number of carbonyl (C=O) groups excluding carboxylic acids is 2. The van der Waals surface area contributed by atoms with Crippen LogP contribution in [0.4, 0.5) is 10.5 Å². The second-order valence-corrected chi connectivity index (χ2v) is 4.69. The largest absolute Gasteiger partial charge is 0.496 e. The maximum absolute atomic E-state index is 11.5. The molecule has 0 aromatic heterocycles. The number of amides is 2. The lowest BCUT2D eigenvalue weighted by atomic mass is 10.1. The topological polar surface area (TPSA) is 85.1 Å². The normalized spacial score (nSPS) is 14.8. The molecule has 0 atom stereocenters. The molecule has 21 heavy (non-hydrogen) atoms. The molecule has 1 fully saturated rings. The fraction of sp³-hybridized carbons (Fsp3) is 0.429. The van der Waals surface area contributed by atoms with Crippen molar-refractivity contribution in [3.63, 3.8) is 0 Å². The van der Waals surface area contributed by atoms with E-state index in [-0.39, 0.29) is 6.09 Å². The molecule has 2 amide bonds. The summed E-state index contributed by atoms with van der Waals surface area (Å²) in [5.41, 5.74) is 6.60. The number of nitrogens with two attached hydrogens (primary N) is 1. The molecule has 1 saturated heterocycles. The summed E-state index contributed by atoms with van der Waals surface area (Å²) < 4.78 is 9.83. The summed E-state index contributed by atoms with van der Waals surface area (Å²) in [6, 6.07) is 5.32. The molecule has 0 unspecified atom stereocenters. The lowest BCUT2D eigenvalue weighted by molar-refractivity contribution is 0.0997. The highest BCUT2D eigenvalue weighted by atomic mass is 16.5. The van der Waals surface area contributed by atoms with Gasteiger partial charge in [-0.2, -0.15) is 0 Å². The van der Waals surface area contributed by atoms with Gasteiger partial charge in [-0.15, -0.1) is 0 Å². The minimum Gasteiger partial charge on any atom is -0.496 e. The molecule has 0 bridgehead atoms. The van der Waals surface area contributed by atoms with Crippen molar-refractivity contribution < 1.29 is 19.1 Å². The van der Waals surface area contributed by atoms with Crippen LogP contribution in [0.15, 0.2) is 18.2 Å². The standard InChI is InChI=1S/C14H19N3O4/c1-20-12-4-3-10(9-11(12)13(15)18)16-5-7-17(8-6-16)14(19)21-2/h3-4,9H,5-8H2,1-2H3,(H2,15,18). The van der Waals surface area contributed by atoms with E-state index in [0.717, 1.165) is 5.69 Å². The molecule has 0 aliphatic carbocycles. The SMILES string of the molecule is COC(=O)N1CCN(c2ccc(OC)c(C(N)=O)c2)CC1. The number of piperazine rings is 1. The van der Waals surface area contributed by atoms with Crippen molar-refractivity contribution in [2.45, 2.75) is 0 Å². The van der Waals surface area contributed by atoms with Gasteiger partial charge >= 0.3 is 6.09 Å². The van der Waals surface area contributed by atoms with Crippen LogP contribution in [0.25, 0.3) is 0 Å². The van der Waals surface area contributed by atoms with Crippen LogP contribution in [0.3, 0.4) is 0 Å². The highest BCUT2D eigenvalue weighted by Crippen LogP contribution is 2.25. The van der Waals surface area contributed by atoms with E-state index in [0.29, 0.717) is 37.5 Å². The molecule has 2 N–H and O–H groups in total. The molecule has 7 nitrogen and oxygen atoms in total. The molecule has 0 radical (unpaired) electrons. The summed E-state index contributed by atoms with van der Waals surface area (Å²) in [6.45, 7) is 2.48. The van der Waals surface area contributed by atoms with E-state index in [9.17, 15) is 9.59 Å². The molecular weight excluding hydrogens is 274 g/mol. The van der Waals surface area contributed by atoms with Crippen molar-refractivity contribution in [2.75, 3.05) is 45.3 Å². The average molecular weight is 293 g/mol. The van der Waals surface area contributed by atoms with Crippen LogP contribution in [0.2, 0.25) is 0 Å². The summed E-state index contributed by atoms with van der Waals surface area (Å²) in [7, 11) is 2.87. The van der Waals surface area contributed by atoms with Crippen LogP contribution < -0.4 is 15.4 Å². The molecule has 114 valence electrons. The number of hydrogen-bond acceptors (Lipinski definition) is 5. The number of hydrogen-bond donors (Lipinski definition) is 1. The van der Waals surface area contributed by atoms with Gasteiger partial charge < -0.3 is 25.0 Å². The molecule has 1 heterocycles. The van der Waals surface area contributed by atoms with Gasteiger partial charge in [0.2, 0.25) is 0 Å². The molecule has 7 heteroatoms. The summed E-state index contributed by atoms with van der Waals surface area (Å²) in [5.74, 6) is -0.0682. The Morgan fingerprint density at radius 2 is 1.81 bits per heavy atom. The Balaban J connectivity index is 2.12. The summed E-state index contributed by atoms with van der Waals surface area (Å²) >= 11 is 0. The number of carbonyl (C=O) groups is 2. The predicted octanol–water partition coefficient (Wildman–Crippen LogP) is 0.682. The number of primary amides is 1. The minimum atomic E-state index is -0.526. The number of benzene rings is 1. The lowest BCUT2D eigenvalue weighted by Gasteiger charge is -2.35. The zero-order chi connectivity index (χ0) is 15.4. The molecule has 0 spiro atoms. The van der Waals surface area contributed by atoms with E-state index in [1.807, 2.05) is 6.07 Å². The highest BCUT2D eigenvalue weighted by molar-refractivity contribution is 5.96. The Kier molecular flexibility index (Phi) is 4.52. The van der Waals surface area contributed by atoms with Crippen LogP contribution >= 0.6 is 0 Å². The Labute approximate surface area is 123 Å². The highest BCUT2D eigenvalue weighted by Gasteiger charge is 2.22. The van der Waals surface area contributed by atoms with E-state index in [1.165, 1.54) is 14.2 Å². The van der Waals surface area contributed by atoms with Gasteiger partial charge in [0.05, 0.1) is 19.8 Å². The van der Waals surface area contributed by atoms with Gasteiger partial charge in [0.25, 0.3) is 5.91 Å². The maximum atomic E-state index is 11.5. The van der Waals surface area contributed by atoms with E-state index in [4.69, 9.17) is 15.2 Å². The Hall–Kier alpha value is -2.44. The fourth-order valence-corrected chi connectivity index (χ4v) is 2.36. The monoisotopic (exact) mass is 293 g/mol. The van der Waals surface area contributed by atoms with E-state index < -0.39 is 5.91 Å². The second-order valence-electron chi connectivity index (χ2n) is 4.69. The third-order valence-corrected chi connectivity index (χ3v) is 3.53. The third-order valence-electron chi connectivity index (χ3n) is 3.53. The van der Waals surface area contributed by atoms with E-state index in [1.54, 1.807) is 17.0 Å². The van der Waals surface area contributed by atoms with Crippen LogP contribution in [0.5, 0.6) is 5.75 Å². The zero-order valence-electron chi connectivity index (χ0n) is 12.2. The number of rotatable bonds is 3. The van der Waals surface area contributed by atoms with Crippen molar-refractivity contribution in [1.82, 2.24) is 4.90 Å². The van der Waals surface area contributed by atoms with Crippen molar-refractivity contribution in [2.24, 2.45) is 5.73 Å². The molecule has 0 saturated carbocycles. The molecule has 2 rings (SSSR count). The first-order valence-corrected chi connectivity index (χ1v) is 6.62. The smallest absolute Gasteiger partial charge is 0.409 e. The summed E-state index contributed by atoms with van der Waals surface area (Å²) in [5, 5.41) is 0. The molecule has 1 aliphatic heterocycles. The fourth-order valence-electron chi connectivity index (χ4n) is 2.36. The number of ether oxygens (including phenoxy) is 2. The first-order chi connectivity index (χ1) is 10.1.